The number of nitrogens with one attached hydrogen (secondary N) is 1. The molecule has 0 amide bonds. The molecule has 3 rings (SSSR count). The van der Waals surface area contributed by atoms with E-state index in [1.165, 1.54) is 25.1 Å². The summed E-state index contributed by atoms with van der Waals surface area (Å²) in [5.41, 5.74) is 1.51. The van der Waals surface area contributed by atoms with E-state index in [0.29, 0.717) is 5.92 Å². The van der Waals surface area contributed by atoms with Crippen molar-refractivity contribution in [1.82, 2.24) is 10.2 Å². The minimum Gasteiger partial charge on any atom is -0.313 e. The molecule has 0 aliphatic carbocycles. The van der Waals surface area contributed by atoms with Crippen molar-refractivity contribution in [2.75, 3.05) is 26.7 Å². The van der Waals surface area contributed by atoms with Gasteiger partial charge in [-0.3, -0.25) is 0 Å². The van der Waals surface area contributed by atoms with Crippen LogP contribution >= 0.6 is 0 Å². The Morgan fingerprint density at radius 3 is 2.88 bits per heavy atom. The Morgan fingerprint density at radius 2 is 2.06 bits per heavy atom. The van der Waals surface area contributed by atoms with Crippen LogP contribution in [0.15, 0.2) is 30.3 Å². The Labute approximate surface area is 97.6 Å². The lowest BCUT2D eigenvalue weighted by molar-refractivity contribution is 0.185. The van der Waals surface area contributed by atoms with Crippen LogP contribution in [-0.2, 0) is 0 Å². The maximum Gasteiger partial charge on any atom is 0.0126 e. The van der Waals surface area contributed by atoms with Gasteiger partial charge in [-0.1, -0.05) is 30.3 Å². The number of likely N-dealkylation sites (tertiary alicyclic amines) is 1. The summed E-state index contributed by atoms with van der Waals surface area (Å²) in [7, 11) is 2.25. The normalized spacial score (nSPS) is 34.9. The summed E-state index contributed by atoms with van der Waals surface area (Å²) in [6, 6.07) is 11.7. The molecule has 16 heavy (non-hydrogen) atoms. The van der Waals surface area contributed by atoms with Gasteiger partial charge in [-0.05, 0) is 31.5 Å². The van der Waals surface area contributed by atoms with E-state index >= 15 is 0 Å². The average Bonchev–Trinajstić information content (AvgIpc) is 2.73. The van der Waals surface area contributed by atoms with Crippen molar-refractivity contribution < 1.29 is 0 Å². The van der Waals surface area contributed by atoms with Crippen molar-refractivity contribution in [2.24, 2.45) is 5.92 Å². The zero-order chi connectivity index (χ0) is 11.0. The van der Waals surface area contributed by atoms with Gasteiger partial charge in [-0.25, -0.2) is 0 Å². The quantitative estimate of drug-likeness (QED) is 0.768. The molecule has 1 N–H and O–H groups in total. The molecule has 2 nitrogen and oxygen atoms in total. The number of rotatable bonds is 1. The Hall–Kier alpha value is -0.860. The number of nitrogens with zero attached hydrogens (tertiary/aromatic N) is 1. The van der Waals surface area contributed by atoms with Crippen molar-refractivity contribution in [3.8, 4) is 0 Å². The first kappa shape index (κ1) is 10.3. The zero-order valence-electron chi connectivity index (χ0n) is 9.89. The van der Waals surface area contributed by atoms with Crippen LogP contribution < -0.4 is 5.32 Å². The van der Waals surface area contributed by atoms with Gasteiger partial charge < -0.3 is 10.2 Å². The van der Waals surface area contributed by atoms with Gasteiger partial charge in [0.2, 0.25) is 0 Å². The molecule has 2 heteroatoms. The number of benzene rings is 1. The molecule has 2 heterocycles. The van der Waals surface area contributed by atoms with Crippen LogP contribution in [0, 0.1) is 5.92 Å². The summed E-state index contributed by atoms with van der Waals surface area (Å²) in [5, 5.41) is 3.70. The van der Waals surface area contributed by atoms with E-state index in [2.05, 4.69) is 47.6 Å². The van der Waals surface area contributed by atoms with Crippen LogP contribution in [0.3, 0.4) is 0 Å². The first-order valence-corrected chi connectivity index (χ1v) is 6.31. The summed E-state index contributed by atoms with van der Waals surface area (Å²) in [6.45, 7) is 3.65. The average molecular weight is 216 g/mol. The standard InChI is InChI=1S/C14H20N2/c1-16-8-7-14-13(10-16)12(9-15-14)11-5-3-2-4-6-11/h2-6,12-15H,7-10H2,1H3. The third kappa shape index (κ3) is 1.76. The Morgan fingerprint density at radius 1 is 1.25 bits per heavy atom. The van der Waals surface area contributed by atoms with Crippen molar-refractivity contribution >= 4 is 0 Å². The largest absolute Gasteiger partial charge is 0.313 e. The maximum absolute atomic E-state index is 3.70. The van der Waals surface area contributed by atoms with E-state index < -0.39 is 0 Å². The first-order valence-electron chi connectivity index (χ1n) is 6.31. The molecule has 2 fully saturated rings. The molecule has 2 aliphatic heterocycles. The summed E-state index contributed by atoms with van der Waals surface area (Å²) in [5.74, 6) is 1.52. The van der Waals surface area contributed by atoms with Gasteiger partial charge in [0.15, 0.2) is 0 Å². The number of fused-ring (bicyclic) bond motifs is 1. The molecule has 3 atom stereocenters. The molecule has 1 aromatic carbocycles. The van der Waals surface area contributed by atoms with Crippen LogP contribution in [0.5, 0.6) is 0 Å². The highest BCUT2D eigenvalue weighted by Crippen LogP contribution is 2.35. The third-order valence-corrected chi connectivity index (χ3v) is 4.21. The molecule has 0 saturated carbocycles. The Balaban J connectivity index is 1.82. The van der Waals surface area contributed by atoms with Crippen LogP contribution in [0.4, 0.5) is 0 Å². The van der Waals surface area contributed by atoms with Gasteiger partial charge in [0, 0.05) is 25.0 Å². The molecule has 0 bridgehead atoms. The van der Waals surface area contributed by atoms with E-state index in [1.807, 2.05) is 0 Å². The third-order valence-electron chi connectivity index (χ3n) is 4.21. The van der Waals surface area contributed by atoms with E-state index in [-0.39, 0.29) is 0 Å². The second kappa shape index (κ2) is 4.19. The molecule has 0 aromatic heterocycles. The second-order valence-electron chi connectivity index (χ2n) is 5.25. The summed E-state index contributed by atoms with van der Waals surface area (Å²) in [4.78, 5) is 2.48. The van der Waals surface area contributed by atoms with Gasteiger partial charge >= 0.3 is 0 Å². The first-order chi connectivity index (χ1) is 7.84. The second-order valence-corrected chi connectivity index (χ2v) is 5.25. The van der Waals surface area contributed by atoms with E-state index in [4.69, 9.17) is 0 Å². The fraction of sp³-hybridized carbons (Fsp3) is 0.571. The van der Waals surface area contributed by atoms with Crippen LogP contribution in [0.25, 0.3) is 0 Å². The molecule has 2 aliphatic rings. The van der Waals surface area contributed by atoms with Crippen molar-refractivity contribution in [2.45, 2.75) is 18.4 Å². The van der Waals surface area contributed by atoms with Crippen molar-refractivity contribution in [3.63, 3.8) is 0 Å². The molecular weight excluding hydrogens is 196 g/mol. The van der Waals surface area contributed by atoms with Gasteiger partial charge in [-0.15, -0.1) is 0 Å². The molecule has 86 valence electrons. The zero-order valence-corrected chi connectivity index (χ0v) is 9.89. The summed E-state index contributed by atoms with van der Waals surface area (Å²) < 4.78 is 0. The fourth-order valence-electron chi connectivity index (χ4n) is 3.31. The van der Waals surface area contributed by atoms with Crippen molar-refractivity contribution in [1.29, 1.82) is 0 Å². The predicted molar refractivity (Wildman–Crippen MR) is 66.6 cm³/mol. The van der Waals surface area contributed by atoms with Gasteiger partial charge in [0.25, 0.3) is 0 Å². The predicted octanol–water partition coefficient (Wildman–Crippen LogP) is 1.69. The van der Waals surface area contributed by atoms with Crippen LogP contribution in [-0.4, -0.2) is 37.6 Å². The Kier molecular flexibility index (Phi) is 2.70. The minimum absolute atomic E-state index is 0.717. The molecule has 0 radical (unpaired) electrons. The molecule has 1 aromatic rings. The minimum atomic E-state index is 0.717. The van der Waals surface area contributed by atoms with E-state index in [9.17, 15) is 0 Å². The summed E-state index contributed by atoms with van der Waals surface area (Å²) >= 11 is 0. The highest BCUT2D eigenvalue weighted by Gasteiger charge is 2.39. The van der Waals surface area contributed by atoms with Gasteiger partial charge in [0.1, 0.15) is 0 Å². The van der Waals surface area contributed by atoms with Gasteiger partial charge in [0.05, 0.1) is 0 Å². The fourth-order valence-corrected chi connectivity index (χ4v) is 3.31. The lowest BCUT2D eigenvalue weighted by atomic mass is 9.82. The maximum atomic E-state index is 3.70. The molecule has 3 unspecified atom stereocenters. The van der Waals surface area contributed by atoms with E-state index in [0.717, 1.165) is 18.5 Å². The van der Waals surface area contributed by atoms with Crippen LogP contribution in [0.1, 0.15) is 17.9 Å². The molecule has 2 saturated heterocycles. The smallest absolute Gasteiger partial charge is 0.0126 e. The SMILES string of the molecule is CN1CCC2NCC(c3ccccc3)C2C1. The lowest BCUT2D eigenvalue weighted by Crippen LogP contribution is -2.43. The number of hydrogen-bond donors (Lipinski definition) is 1. The van der Waals surface area contributed by atoms with Crippen molar-refractivity contribution in [3.05, 3.63) is 35.9 Å². The molecular formula is C14H20N2. The highest BCUT2D eigenvalue weighted by molar-refractivity contribution is 5.23. The van der Waals surface area contributed by atoms with Crippen LogP contribution in [0.2, 0.25) is 0 Å². The van der Waals surface area contributed by atoms with E-state index in [1.54, 1.807) is 0 Å². The number of hydrogen-bond acceptors (Lipinski definition) is 2. The summed E-state index contributed by atoms with van der Waals surface area (Å²) in [6.07, 6.45) is 1.31. The number of piperidine rings is 1. The molecule has 0 spiro atoms. The monoisotopic (exact) mass is 216 g/mol. The highest BCUT2D eigenvalue weighted by atomic mass is 15.1. The lowest BCUT2D eigenvalue weighted by Gasteiger charge is -2.34. The van der Waals surface area contributed by atoms with Gasteiger partial charge in [-0.2, -0.15) is 0 Å². The Bertz CT molecular complexity index is 349. The topological polar surface area (TPSA) is 15.3 Å².